The SMILES string of the molecule is Cl.N[C@@H](c1cc(I)cc(I)c1O)C1CCCCC1. The molecule has 18 heavy (non-hydrogen) atoms. The van der Waals surface area contributed by atoms with Crippen molar-refractivity contribution >= 4 is 57.6 Å². The number of halogens is 3. The summed E-state index contributed by atoms with van der Waals surface area (Å²) >= 11 is 4.45. The molecule has 102 valence electrons. The van der Waals surface area contributed by atoms with Crippen molar-refractivity contribution in [3.63, 3.8) is 0 Å². The molecule has 1 aliphatic rings. The largest absolute Gasteiger partial charge is 0.506 e. The lowest BCUT2D eigenvalue weighted by Gasteiger charge is -2.28. The molecule has 0 aliphatic heterocycles. The molecule has 1 aliphatic carbocycles. The van der Waals surface area contributed by atoms with Gasteiger partial charge in [0.15, 0.2) is 0 Å². The zero-order valence-electron chi connectivity index (χ0n) is 10.0. The standard InChI is InChI=1S/C13H17I2NO.ClH/c14-9-6-10(13(17)11(15)7-9)12(16)8-4-2-1-3-5-8;/h6-8,12,17H,1-5,16H2;1H/t12-;/m1./s1. The Hall–Kier alpha value is 0.730. The Morgan fingerprint density at radius 2 is 1.78 bits per heavy atom. The van der Waals surface area contributed by atoms with Gasteiger partial charge in [-0.2, -0.15) is 0 Å². The van der Waals surface area contributed by atoms with Crippen molar-refractivity contribution in [3.8, 4) is 5.75 Å². The van der Waals surface area contributed by atoms with Gasteiger partial charge in [-0.1, -0.05) is 19.3 Å². The molecule has 3 N–H and O–H groups in total. The second-order valence-corrected chi connectivity index (χ2v) is 7.16. The van der Waals surface area contributed by atoms with Gasteiger partial charge in [-0.15, -0.1) is 12.4 Å². The fraction of sp³-hybridized carbons (Fsp3) is 0.538. The number of phenolic OH excluding ortho intramolecular Hbond substituents is 1. The van der Waals surface area contributed by atoms with Gasteiger partial charge in [-0.25, -0.2) is 0 Å². The minimum atomic E-state index is -0.0152. The van der Waals surface area contributed by atoms with Crippen molar-refractivity contribution in [2.75, 3.05) is 0 Å². The molecule has 0 heterocycles. The molecule has 5 heteroatoms. The van der Waals surface area contributed by atoms with Crippen LogP contribution in [0.2, 0.25) is 0 Å². The van der Waals surface area contributed by atoms with E-state index in [-0.39, 0.29) is 18.4 Å². The molecule has 1 fully saturated rings. The van der Waals surface area contributed by atoms with Crippen molar-refractivity contribution < 1.29 is 5.11 Å². The normalized spacial score (nSPS) is 18.2. The zero-order chi connectivity index (χ0) is 12.4. The predicted molar refractivity (Wildman–Crippen MR) is 94.3 cm³/mol. The van der Waals surface area contributed by atoms with E-state index in [9.17, 15) is 5.11 Å². The first kappa shape index (κ1) is 16.8. The van der Waals surface area contributed by atoms with Crippen LogP contribution in [0.1, 0.15) is 43.7 Å². The lowest BCUT2D eigenvalue weighted by atomic mass is 9.81. The first-order valence-corrected chi connectivity index (χ1v) is 8.19. The molecule has 0 radical (unpaired) electrons. The van der Waals surface area contributed by atoms with Crippen LogP contribution in [0.3, 0.4) is 0 Å². The lowest BCUT2D eigenvalue weighted by molar-refractivity contribution is 0.302. The quantitative estimate of drug-likeness (QED) is 0.592. The maximum atomic E-state index is 10.1. The second-order valence-electron chi connectivity index (χ2n) is 4.75. The molecule has 1 saturated carbocycles. The van der Waals surface area contributed by atoms with Crippen molar-refractivity contribution in [2.45, 2.75) is 38.1 Å². The molecule has 0 aromatic heterocycles. The summed E-state index contributed by atoms with van der Waals surface area (Å²) in [6.07, 6.45) is 6.28. The third-order valence-electron chi connectivity index (χ3n) is 3.57. The molecular weight excluding hydrogens is 475 g/mol. The first-order valence-electron chi connectivity index (χ1n) is 6.03. The van der Waals surface area contributed by atoms with E-state index in [1.807, 2.05) is 12.1 Å². The predicted octanol–water partition coefficient (Wildman–Crippen LogP) is 4.60. The average Bonchev–Trinajstić information content (AvgIpc) is 2.34. The molecule has 2 rings (SSSR count). The number of nitrogens with two attached hydrogens (primary N) is 1. The second kappa shape index (κ2) is 7.50. The Balaban J connectivity index is 0.00000162. The van der Waals surface area contributed by atoms with Gasteiger partial charge in [0, 0.05) is 15.2 Å². The van der Waals surface area contributed by atoms with E-state index >= 15 is 0 Å². The number of aromatic hydroxyl groups is 1. The summed E-state index contributed by atoms with van der Waals surface area (Å²) in [5.74, 6) is 0.910. The molecule has 0 spiro atoms. The van der Waals surface area contributed by atoms with Gasteiger partial charge in [-0.05, 0) is 76.1 Å². The minimum absolute atomic E-state index is 0. The monoisotopic (exact) mass is 493 g/mol. The van der Waals surface area contributed by atoms with Crippen LogP contribution in [0.15, 0.2) is 12.1 Å². The van der Waals surface area contributed by atoms with Crippen LogP contribution < -0.4 is 5.73 Å². The van der Waals surface area contributed by atoms with Crippen molar-refractivity contribution in [3.05, 3.63) is 24.8 Å². The molecule has 1 aromatic carbocycles. The van der Waals surface area contributed by atoms with Crippen molar-refractivity contribution in [1.82, 2.24) is 0 Å². The molecule has 1 atom stereocenters. The van der Waals surface area contributed by atoms with Gasteiger partial charge in [0.1, 0.15) is 5.75 Å². The Morgan fingerprint density at radius 1 is 1.17 bits per heavy atom. The fourth-order valence-electron chi connectivity index (χ4n) is 2.59. The molecule has 2 nitrogen and oxygen atoms in total. The molecule has 1 aromatic rings. The van der Waals surface area contributed by atoms with Gasteiger partial charge in [0.2, 0.25) is 0 Å². The van der Waals surface area contributed by atoms with E-state index < -0.39 is 0 Å². The number of hydrogen-bond donors (Lipinski definition) is 2. The van der Waals surface area contributed by atoms with Gasteiger partial charge in [0.25, 0.3) is 0 Å². The summed E-state index contributed by atoms with van der Waals surface area (Å²) in [6.45, 7) is 0. The highest BCUT2D eigenvalue weighted by Gasteiger charge is 2.24. The van der Waals surface area contributed by atoms with Crippen LogP contribution in [0.5, 0.6) is 5.75 Å². The number of hydrogen-bond acceptors (Lipinski definition) is 2. The highest BCUT2D eigenvalue weighted by atomic mass is 127. The van der Waals surface area contributed by atoms with E-state index in [2.05, 4.69) is 45.2 Å². The Labute approximate surface area is 142 Å². The molecular formula is C13H18ClI2NO. The first-order chi connectivity index (χ1) is 8.09. The topological polar surface area (TPSA) is 46.2 Å². The third-order valence-corrected chi connectivity index (χ3v) is 5.02. The van der Waals surface area contributed by atoms with Crippen LogP contribution in [0, 0.1) is 13.1 Å². The molecule has 0 bridgehead atoms. The van der Waals surface area contributed by atoms with Crippen LogP contribution in [0.4, 0.5) is 0 Å². The maximum absolute atomic E-state index is 10.1. The summed E-state index contributed by atoms with van der Waals surface area (Å²) in [4.78, 5) is 0. The fourth-order valence-corrected chi connectivity index (χ4v) is 4.48. The van der Waals surface area contributed by atoms with Crippen LogP contribution in [-0.2, 0) is 0 Å². The highest BCUT2D eigenvalue weighted by Crippen LogP contribution is 2.38. The summed E-state index contributed by atoms with van der Waals surface area (Å²) in [6, 6.07) is 3.99. The summed E-state index contributed by atoms with van der Waals surface area (Å²) < 4.78 is 2.04. The van der Waals surface area contributed by atoms with E-state index in [0.29, 0.717) is 11.7 Å². The van der Waals surface area contributed by atoms with E-state index in [1.54, 1.807) is 0 Å². The Bertz CT molecular complexity index is 408. The van der Waals surface area contributed by atoms with Crippen LogP contribution >= 0.6 is 57.6 Å². The van der Waals surface area contributed by atoms with Crippen molar-refractivity contribution in [2.24, 2.45) is 11.7 Å². The summed E-state index contributed by atoms with van der Waals surface area (Å²) in [7, 11) is 0. The van der Waals surface area contributed by atoms with Crippen LogP contribution in [0.25, 0.3) is 0 Å². The van der Waals surface area contributed by atoms with Crippen molar-refractivity contribution in [1.29, 1.82) is 0 Å². The maximum Gasteiger partial charge on any atom is 0.133 e. The summed E-state index contributed by atoms with van der Waals surface area (Å²) in [5, 5.41) is 10.1. The van der Waals surface area contributed by atoms with E-state index in [4.69, 9.17) is 5.73 Å². The third kappa shape index (κ3) is 3.86. The van der Waals surface area contributed by atoms with Gasteiger partial charge >= 0.3 is 0 Å². The van der Waals surface area contributed by atoms with Crippen LogP contribution in [-0.4, -0.2) is 5.11 Å². The smallest absolute Gasteiger partial charge is 0.133 e. The number of benzene rings is 1. The number of rotatable bonds is 2. The van der Waals surface area contributed by atoms with Gasteiger partial charge < -0.3 is 10.8 Å². The zero-order valence-corrected chi connectivity index (χ0v) is 15.2. The average molecular weight is 494 g/mol. The molecule has 0 amide bonds. The Kier molecular flexibility index (Phi) is 6.99. The molecule has 0 unspecified atom stereocenters. The molecule has 0 saturated heterocycles. The van der Waals surface area contributed by atoms with E-state index in [0.717, 1.165) is 12.7 Å². The highest BCUT2D eigenvalue weighted by molar-refractivity contribution is 14.1. The minimum Gasteiger partial charge on any atom is -0.506 e. The summed E-state index contributed by atoms with van der Waals surface area (Å²) in [5.41, 5.74) is 7.27. The van der Waals surface area contributed by atoms with E-state index in [1.165, 1.54) is 32.1 Å². The Morgan fingerprint density at radius 3 is 2.39 bits per heavy atom. The number of phenols is 1. The van der Waals surface area contributed by atoms with Gasteiger partial charge in [-0.3, -0.25) is 0 Å². The lowest BCUT2D eigenvalue weighted by Crippen LogP contribution is -2.23. The van der Waals surface area contributed by atoms with Gasteiger partial charge in [0.05, 0.1) is 3.57 Å².